The summed E-state index contributed by atoms with van der Waals surface area (Å²) in [4.78, 5) is 24.6. The van der Waals surface area contributed by atoms with E-state index in [0.717, 1.165) is 64.6 Å². The number of amides is 1. The highest BCUT2D eigenvalue weighted by atomic mass is 16.5. The van der Waals surface area contributed by atoms with Gasteiger partial charge in [0.1, 0.15) is 18.7 Å². The molecule has 0 aromatic carbocycles. The van der Waals surface area contributed by atoms with Crippen molar-refractivity contribution in [1.29, 1.82) is 0 Å². The maximum Gasteiger partial charge on any atom is 0.243 e. The summed E-state index contributed by atoms with van der Waals surface area (Å²) >= 11 is 0. The molecule has 1 saturated heterocycles. The normalized spacial score (nSPS) is 20.8. The maximum absolute atomic E-state index is 11.9. The number of aromatic nitrogens is 3. The molecule has 3 heterocycles. The number of ether oxygens (including phenoxy) is 1. The van der Waals surface area contributed by atoms with Crippen molar-refractivity contribution in [2.45, 2.75) is 25.4 Å². The number of morpholine rings is 1. The predicted octanol–water partition coefficient (Wildman–Crippen LogP) is -1.45. The number of aliphatic imine (C=N–C) groups is 1. The third kappa shape index (κ3) is 5.90. The van der Waals surface area contributed by atoms with Crippen molar-refractivity contribution in [3.63, 3.8) is 0 Å². The van der Waals surface area contributed by atoms with Crippen molar-refractivity contribution in [2.24, 2.45) is 4.99 Å². The van der Waals surface area contributed by atoms with Crippen LogP contribution in [0.15, 0.2) is 11.3 Å². The summed E-state index contributed by atoms with van der Waals surface area (Å²) in [6, 6.07) is 0.211. The minimum absolute atomic E-state index is 0.0218. The Labute approximate surface area is 160 Å². The van der Waals surface area contributed by atoms with Gasteiger partial charge in [-0.1, -0.05) is 0 Å². The molecule has 3 rings (SSSR count). The Morgan fingerprint density at radius 1 is 1.41 bits per heavy atom. The molecule has 1 fully saturated rings. The van der Waals surface area contributed by atoms with Gasteiger partial charge < -0.3 is 20.3 Å². The molecule has 2 aliphatic rings. The van der Waals surface area contributed by atoms with Crippen molar-refractivity contribution in [3.05, 3.63) is 12.2 Å². The predicted molar refractivity (Wildman–Crippen MR) is 102 cm³/mol. The van der Waals surface area contributed by atoms with Crippen LogP contribution in [-0.2, 0) is 22.5 Å². The molecule has 1 atom stereocenters. The SMILES string of the molecule is CN(C)C(=O)CN=C(NCCN1CCOCC1)NC1CCc2ncnn2C1. The molecule has 0 saturated carbocycles. The fraction of sp³-hybridized carbons (Fsp3) is 0.765. The van der Waals surface area contributed by atoms with Crippen LogP contribution >= 0.6 is 0 Å². The summed E-state index contributed by atoms with van der Waals surface area (Å²) in [6.07, 6.45) is 3.45. The zero-order valence-corrected chi connectivity index (χ0v) is 16.2. The molecular formula is C17H30N8O2. The molecule has 1 aromatic rings. The highest BCUT2D eigenvalue weighted by molar-refractivity contribution is 5.84. The van der Waals surface area contributed by atoms with Gasteiger partial charge in [0.25, 0.3) is 0 Å². The molecule has 2 aliphatic heterocycles. The molecule has 0 aliphatic carbocycles. The molecule has 0 bridgehead atoms. The van der Waals surface area contributed by atoms with Gasteiger partial charge in [-0.05, 0) is 6.42 Å². The number of guanidine groups is 1. The molecule has 1 aromatic heterocycles. The lowest BCUT2D eigenvalue weighted by Crippen LogP contribution is -2.49. The van der Waals surface area contributed by atoms with Gasteiger partial charge in [-0.25, -0.2) is 14.7 Å². The lowest BCUT2D eigenvalue weighted by Gasteiger charge is -2.28. The molecule has 10 nitrogen and oxygen atoms in total. The van der Waals surface area contributed by atoms with Crippen LogP contribution in [0, 0.1) is 0 Å². The number of hydrogen-bond acceptors (Lipinski definition) is 6. The molecule has 27 heavy (non-hydrogen) atoms. The molecule has 1 amide bonds. The fourth-order valence-corrected chi connectivity index (χ4v) is 3.15. The van der Waals surface area contributed by atoms with Crippen LogP contribution in [-0.4, -0.2) is 103 Å². The summed E-state index contributed by atoms with van der Waals surface area (Å²) in [5.41, 5.74) is 0. The van der Waals surface area contributed by atoms with Crippen LogP contribution < -0.4 is 10.6 Å². The van der Waals surface area contributed by atoms with E-state index in [-0.39, 0.29) is 18.5 Å². The summed E-state index contributed by atoms with van der Waals surface area (Å²) in [5, 5.41) is 11.1. The standard InChI is InChI=1S/C17H30N8O2/c1-23(2)16(26)11-19-17(18-5-6-24-7-9-27-10-8-24)22-14-3-4-15-20-13-21-25(15)12-14/h13-14H,3-12H2,1-2H3,(H2,18,19,22). The Morgan fingerprint density at radius 3 is 3.00 bits per heavy atom. The second-order valence-electron chi connectivity index (χ2n) is 7.07. The van der Waals surface area contributed by atoms with Crippen molar-refractivity contribution < 1.29 is 9.53 Å². The molecule has 2 N–H and O–H groups in total. The van der Waals surface area contributed by atoms with E-state index in [0.29, 0.717) is 5.96 Å². The Hall–Kier alpha value is -2.20. The monoisotopic (exact) mass is 378 g/mol. The average molecular weight is 378 g/mol. The minimum atomic E-state index is -0.0218. The first-order chi connectivity index (χ1) is 13.1. The van der Waals surface area contributed by atoms with Gasteiger partial charge in [0, 0.05) is 52.7 Å². The lowest BCUT2D eigenvalue weighted by molar-refractivity contribution is -0.127. The van der Waals surface area contributed by atoms with Crippen LogP contribution in [0.5, 0.6) is 0 Å². The van der Waals surface area contributed by atoms with E-state index < -0.39 is 0 Å². The third-order valence-electron chi connectivity index (χ3n) is 4.84. The summed E-state index contributed by atoms with van der Waals surface area (Å²) in [5.74, 6) is 1.67. The van der Waals surface area contributed by atoms with E-state index in [2.05, 4.69) is 30.6 Å². The Balaban J connectivity index is 1.53. The average Bonchev–Trinajstić information content (AvgIpc) is 3.14. The number of carbonyl (C=O) groups excluding carboxylic acids is 1. The number of nitrogens with one attached hydrogen (secondary N) is 2. The van der Waals surface area contributed by atoms with Crippen molar-refractivity contribution >= 4 is 11.9 Å². The number of fused-ring (bicyclic) bond motifs is 1. The zero-order valence-electron chi connectivity index (χ0n) is 16.2. The molecular weight excluding hydrogens is 348 g/mol. The van der Waals surface area contributed by atoms with Crippen LogP contribution in [0.2, 0.25) is 0 Å². The Morgan fingerprint density at radius 2 is 2.22 bits per heavy atom. The van der Waals surface area contributed by atoms with E-state index in [4.69, 9.17) is 4.74 Å². The van der Waals surface area contributed by atoms with Gasteiger partial charge in [-0.15, -0.1) is 0 Å². The van der Waals surface area contributed by atoms with Crippen molar-refractivity contribution in [1.82, 2.24) is 35.2 Å². The number of aryl methyl sites for hydroxylation is 1. The van der Waals surface area contributed by atoms with E-state index in [1.54, 1.807) is 25.3 Å². The van der Waals surface area contributed by atoms with Crippen LogP contribution in [0.1, 0.15) is 12.2 Å². The van der Waals surface area contributed by atoms with E-state index in [1.807, 2.05) is 4.68 Å². The van der Waals surface area contributed by atoms with Crippen LogP contribution in [0.3, 0.4) is 0 Å². The van der Waals surface area contributed by atoms with Gasteiger partial charge >= 0.3 is 0 Å². The van der Waals surface area contributed by atoms with Gasteiger partial charge in [0.05, 0.1) is 19.8 Å². The Bertz CT molecular complexity index is 639. The van der Waals surface area contributed by atoms with Crippen molar-refractivity contribution in [2.75, 3.05) is 60.0 Å². The molecule has 0 radical (unpaired) electrons. The topological polar surface area (TPSA) is 99.9 Å². The number of rotatable bonds is 6. The first kappa shape index (κ1) is 19.6. The van der Waals surface area contributed by atoms with Gasteiger partial charge in [-0.2, -0.15) is 5.10 Å². The molecule has 10 heteroatoms. The lowest BCUT2D eigenvalue weighted by atomic mass is 10.1. The second-order valence-corrected chi connectivity index (χ2v) is 7.07. The first-order valence-electron chi connectivity index (χ1n) is 9.53. The van der Waals surface area contributed by atoms with E-state index >= 15 is 0 Å². The first-order valence-corrected chi connectivity index (χ1v) is 9.53. The van der Waals surface area contributed by atoms with Gasteiger partial charge in [0.2, 0.25) is 5.91 Å². The van der Waals surface area contributed by atoms with Crippen molar-refractivity contribution in [3.8, 4) is 0 Å². The fourth-order valence-electron chi connectivity index (χ4n) is 3.15. The van der Waals surface area contributed by atoms with E-state index in [9.17, 15) is 4.79 Å². The Kier molecular flexibility index (Phi) is 6.99. The zero-order chi connectivity index (χ0) is 19.1. The van der Waals surface area contributed by atoms with Gasteiger partial charge in [-0.3, -0.25) is 9.69 Å². The number of hydrogen-bond donors (Lipinski definition) is 2. The van der Waals surface area contributed by atoms with E-state index in [1.165, 1.54) is 0 Å². The molecule has 150 valence electrons. The highest BCUT2D eigenvalue weighted by Gasteiger charge is 2.21. The van der Waals surface area contributed by atoms with Gasteiger partial charge in [0.15, 0.2) is 5.96 Å². The number of carbonyl (C=O) groups is 1. The van der Waals surface area contributed by atoms with Crippen LogP contribution in [0.25, 0.3) is 0 Å². The quantitative estimate of drug-likeness (QED) is 0.461. The minimum Gasteiger partial charge on any atom is -0.379 e. The van der Waals surface area contributed by atoms with Crippen LogP contribution in [0.4, 0.5) is 0 Å². The summed E-state index contributed by atoms with van der Waals surface area (Å²) in [6.45, 7) is 6.06. The largest absolute Gasteiger partial charge is 0.379 e. The summed E-state index contributed by atoms with van der Waals surface area (Å²) in [7, 11) is 3.48. The second kappa shape index (κ2) is 9.65. The smallest absolute Gasteiger partial charge is 0.243 e. The molecule has 1 unspecified atom stereocenters. The number of nitrogens with zero attached hydrogens (tertiary/aromatic N) is 6. The molecule has 0 spiro atoms. The highest BCUT2D eigenvalue weighted by Crippen LogP contribution is 2.11. The summed E-state index contributed by atoms with van der Waals surface area (Å²) < 4.78 is 7.31. The maximum atomic E-state index is 11.9. The third-order valence-corrected chi connectivity index (χ3v) is 4.84. The number of likely N-dealkylation sites (N-methyl/N-ethyl adjacent to an activating group) is 1.